The Balaban J connectivity index is 2.17. The molecule has 1 aromatic heterocycles. The molecular weight excluding hydrogens is 372 g/mol. The summed E-state index contributed by atoms with van der Waals surface area (Å²) in [6.07, 6.45) is 8.77. The predicted molar refractivity (Wildman–Crippen MR) is 118 cm³/mol. The van der Waals surface area contributed by atoms with Crippen LogP contribution in [0.25, 0.3) is 0 Å². The SMILES string of the molecule is C=C/C(=C\C=C/C)CSc1cccc(C(=NC)Sc2ccccc2C=O)n1. The number of aldehydes is 1. The highest BCUT2D eigenvalue weighted by atomic mass is 32.2. The van der Waals surface area contributed by atoms with Crippen LogP contribution in [-0.4, -0.2) is 29.1 Å². The fourth-order valence-corrected chi connectivity index (χ4v) is 3.92. The van der Waals surface area contributed by atoms with Crippen LogP contribution in [0.4, 0.5) is 0 Å². The standard InChI is InChI=1S/C22H22N2OS2/c1-4-6-10-17(5-2)16-26-21-14-9-12-19(24-21)22(23-3)27-20-13-8-7-11-18(20)15-25/h4-15H,2,16H2,1,3H3/b6-4-,17-10+,23-22?. The van der Waals surface area contributed by atoms with E-state index < -0.39 is 0 Å². The van der Waals surface area contributed by atoms with E-state index in [1.54, 1.807) is 24.9 Å². The van der Waals surface area contributed by atoms with Gasteiger partial charge in [0.25, 0.3) is 0 Å². The number of hydrogen-bond acceptors (Lipinski definition) is 5. The first kappa shape index (κ1) is 20.9. The van der Waals surface area contributed by atoms with Gasteiger partial charge in [0.15, 0.2) is 6.29 Å². The number of carbonyl (C=O) groups excluding carboxylic acids is 1. The molecule has 1 heterocycles. The maximum absolute atomic E-state index is 11.2. The van der Waals surface area contributed by atoms with Gasteiger partial charge in [0.1, 0.15) is 5.04 Å². The second kappa shape index (κ2) is 11.4. The molecule has 0 atom stereocenters. The molecule has 0 radical (unpaired) electrons. The van der Waals surface area contributed by atoms with Gasteiger partial charge in [-0.25, -0.2) is 4.98 Å². The van der Waals surface area contributed by atoms with Crippen molar-refractivity contribution in [1.29, 1.82) is 0 Å². The molecule has 2 aromatic rings. The van der Waals surface area contributed by atoms with E-state index in [1.165, 1.54) is 11.8 Å². The Morgan fingerprint density at radius 1 is 1.22 bits per heavy atom. The normalized spacial score (nSPS) is 12.4. The molecule has 0 saturated heterocycles. The third-order valence-corrected chi connectivity index (χ3v) is 5.73. The molecular formula is C22H22N2OS2. The molecule has 27 heavy (non-hydrogen) atoms. The quantitative estimate of drug-likeness (QED) is 0.185. The Morgan fingerprint density at radius 3 is 2.74 bits per heavy atom. The van der Waals surface area contributed by atoms with Gasteiger partial charge in [0.05, 0.1) is 10.7 Å². The van der Waals surface area contributed by atoms with Crippen molar-refractivity contribution in [2.24, 2.45) is 4.99 Å². The molecule has 0 N–H and O–H groups in total. The first-order valence-electron chi connectivity index (χ1n) is 8.45. The first-order chi connectivity index (χ1) is 13.2. The summed E-state index contributed by atoms with van der Waals surface area (Å²) in [7, 11) is 1.74. The van der Waals surface area contributed by atoms with Crippen LogP contribution in [0, 0.1) is 0 Å². The second-order valence-corrected chi connectivity index (χ2v) is 7.43. The van der Waals surface area contributed by atoms with Crippen LogP contribution in [-0.2, 0) is 0 Å². The lowest BCUT2D eigenvalue weighted by molar-refractivity contribution is 0.112. The van der Waals surface area contributed by atoms with E-state index in [-0.39, 0.29) is 0 Å². The first-order valence-corrected chi connectivity index (χ1v) is 10.3. The fraction of sp³-hybridized carbons (Fsp3) is 0.136. The zero-order valence-electron chi connectivity index (χ0n) is 15.5. The Hall–Kier alpha value is -2.37. The minimum Gasteiger partial charge on any atom is -0.298 e. The topological polar surface area (TPSA) is 42.3 Å². The molecule has 5 heteroatoms. The molecule has 0 fully saturated rings. The molecule has 2 rings (SSSR count). The van der Waals surface area contributed by atoms with Gasteiger partial charge in [0.2, 0.25) is 0 Å². The minimum atomic E-state index is 0.652. The van der Waals surface area contributed by atoms with E-state index in [9.17, 15) is 4.79 Å². The highest BCUT2D eigenvalue weighted by Gasteiger charge is 2.11. The van der Waals surface area contributed by atoms with Crippen LogP contribution in [0.5, 0.6) is 0 Å². The number of allylic oxidation sites excluding steroid dienone is 4. The number of carbonyl (C=O) groups is 1. The van der Waals surface area contributed by atoms with Crippen molar-refractivity contribution in [3.8, 4) is 0 Å². The van der Waals surface area contributed by atoms with Gasteiger partial charge < -0.3 is 0 Å². The number of hydrogen-bond donors (Lipinski definition) is 0. The van der Waals surface area contributed by atoms with Gasteiger partial charge in [-0.1, -0.05) is 66.9 Å². The predicted octanol–water partition coefficient (Wildman–Crippen LogP) is 5.84. The van der Waals surface area contributed by atoms with Gasteiger partial charge in [-0.3, -0.25) is 9.79 Å². The zero-order valence-corrected chi connectivity index (χ0v) is 17.1. The van der Waals surface area contributed by atoms with Crippen molar-refractivity contribution in [1.82, 2.24) is 4.98 Å². The molecule has 0 aliphatic carbocycles. The van der Waals surface area contributed by atoms with Crippen molar-refractivity contribution in [3.05, 3.63) is 90.2 Å². The maximum Gasteiger partial charge on any atom is 0.151 e. The van der Waals surface area contributed by atoms with Gasteiger partial charge >= 0.3 is 0 Å². The largest absolute Gasteiger partial charge is 0.298 e. The highest BCUT2D eigenvalue weighted by molar-refractivity contribution is 8.14. The fourth-order valence-electron chi connectivity index (χ4n) is 2.15. The monoisotopic (exact) mass is 394 g/mol. The molecule has 0 bridgehead atoms. The third kappa shape index (κ3) is 6.38. The van der Waals surface area contributed by atoms with Crippen molar-refractivity contribution >= 4 is 34.9 Å². The van der Waals surface area contributed by atoms with Gasteiger partial charge in [-0.05, 0) is 30.7 Å². The van der Waals surface area contributed by atoms with Gasteiger partial charge in [0, 0.05) is 23.3 Å². The van der Waals surface area contributed by atoms with E-state index in [0.717, 1.165) is 38.3 Å². The molecule has 0 saturated carbocycles. The molecule has 138 valence electrons. The number of nitrogens with zero attached hydrogens (tertiary/aromatic N) is 2. The minimum absolute atomic E-state index is 0.652. The highest BCUT2D eigenvalue weighted by Crippen LogP contribution is 2.27. The third-order valence-electron chi connectivity index (χ3n) is 3.55. The molecule has 0 aliphatic rings. The molecule has 0 unspecified atom stereocenters. The second-order valence-electron chi connectivity index (χ2n) is 5.41. The van der Waals surface area contributed by atoms with Crippen LogP contribution in [0.2, 0.25) is 0 Å². The Morgan fingerprint density at radius 2 is 2.04 bits per heavy atom. The lowest BCUT2D eigenvalue weighted by atomic mass is 10.2. The average Bonchev–Trinajstić information content (AvgIpc) is 2.72. The van der Waals surface area contributed by atoms with E-state index >= 15 is 0 Å². The van der Waals surface area contributed by atoms with Crippen LogP contribution >= 0.6 is 23.5 Å². The number of rotatable bonds is 8. The summed E-state index contributed by atoms with van der Waals surface area (Å²) in [5.41, 5.74) is 2.59. The van der Waals surface area contributed by atoms with Crippen LogP contribution in [0.1, 0.15) is 23.0 Å². The lowest BCUT2D eigenvalue weighted by Crippen LogP contribution is -2.01. The molecule has 1 aromatic carbocycles. The molecule has 0 amide bonds. The van der Waals surface area contributed by atoms with Gasteiger partial charge in [-0.2, -0.15) is 0 Å². The van der Waals surface area contributed by atoms with Gasteiger partial charge in [-0.15, -0.1) is 11.8 Å². The smallest absolute Gasteiger partial charge is 0.151 e. The van der Waals surface area contributed by atoms with Crippen molar-refractivity contribution < 1.29 is 4.79 Å². The van der Waals surface area contributed by atoms with Crippen LogP contribution in [0.3, 0.4) is 0 Å². The average molecular weight is 395 g/mol. The van der Waals surface area contributed by atoms with E-state index in [2.05, 4.69) is 17.6 Å². The Bertz CT molecular complexity index is 885. The number of pyridine rings is 1. The Kier molecular flexibility index (Phi) is 8.81. The van der Waals surface area contributed by atoms with E-state index in [4.69, 9.17) is 4.98 Å². The maximum atomic E-state index is 11.2. The summed E-state index contributed by atoms with van der Waals surface area (Å²) in [5.74, 6) is 0.796. The Labute approximate surface area is 169 Å². The van der Waals surface area contributed by atoms with E-state index in [1.807, 2.05) is 61.5 Å². The van der Waals surface area contributed by atoms with Crippen molar-refractivity contribution in [2.75, 3.05) is 12.8 Å². The number of aromatic nitrogens is 1. The van der Waals surface area contributed by atoms with Crippen LogP contribution in [0.15, 0.2) is 93.8 Å². The summed E-state index contributed by atoms with van der Waals surface area (Å²) < 4.78 is 0. The zero-order chi connectivity index (χ0) is 19.5. The molecule has 0 aliphatic heterocycles. The molecule has 3 nitrogen and oxygen atoms in total. The van der Waals surface area contributed by atoms with E-state index in [0.29, 0.717) is 5.56 Å². The van der Waals surface area contributed by atoms with Crippen molar-refractivity contribution in [3.63, 3.8) is 0 Å². The molecule has 0 spiro atoms. The number of thioether (sulfide) groups is 2. The summed E-state index contributed by atoms with van der Waals surface area (Å²) in [5, 5.41) is 1.70. The number of aliphatic imine (C=N–C) groups is 1. The number of benzene rings is 1. The summed E-state index contributed by atoms with van der Waals surface area (Å²) >= 11 is 3.11. The van der Waals surface area contributed by atoms with Crippen LogP contribution < -0.4 is 0 Å². The van der Waals surface area contributed by atoms with Crippen molar-refractivity contribution in [2.45, 2.75) is 16.8 Å². The summed E-state index contributed by atoms with van der Waals surface area (Å²) in [4.78, 5) is 21.2. The summed E-state index contributed by atoms with van der Waals surface area (Å²) in [6, 6.07) is 13.4. The summed E-state index contributed by atoms with van der Waals surface area (Å²) in [6.45, 7) is 5.85. The lowest BCUT2D eigenvalue weighted by Gasteiger charge is -2.08.